The number of alkyl halides is 1. The van der Waals surface area contributed by atoms with Crippen LogP contribution in [0.25, 0.3) is 11.0 Å². The average Bonchev–Trinajstić information content (AvgIpc) is 3.02. The Kier molecular flexibility index (Phi) is 2.56. The lowest BCUT2D eigenvalue weighted by Crippen LogP contribution is -2.02. The highest BCUT2D eigenvalue weighted by Gasteiger charge is 2.27. The number of nitrogens with zero attached hydrogens (tertiary/aromatic N) is 2. The normalized spacial score (nSPS) is 15.9. The molecule has 1 heterocycles. The fourth-order valence-electron chi connectivity index (χ4n) is 2.12. The van der Waals surface area contributed by atoms with Gasteiger partial charge in [0.1, 0.15) is 5.82 Å². The highest BCUT2D eigenvalue weighted by Crippen LogP contribution is 2.39. The van der Waals surface area contributed by atoms with Crippen LogP contribution in [-0.2, 0) is 6.42 Å². The monoisotopic (exact) mass is 254 g/mol. The van der Waals surface area contributed by atoms with E-state index in [2.05, 4.69) is 15.6 Å². The molecule has 4 heteroatoms. The molecule has 3 rings (SSSR count). The van der Waals surface area contributed by atoms with Gasteiger partial charge >= 0.3 is 0 Å². The van der Waals surface area contributed by atoms with Gasteiger partial charge in [0.25, 0.3) is 0 Å². The first kappa shape index (κ1) is 10.4. The number of aromatic nitrogens is 2. The zero-order chi connectivity index (χ0) is 11.1. The van der Waals surface area contributed by atoms with Crippen LogP contribution in [0.3, 0.4) is 0 Å². The fraction of sp³-hybridized carbons (Fsp3) is 0.417. The smallest absolute Gasteiger partial charge is 0.111 e. The van der Waals surface area contributed by atoms with Crippen molar-refractivity contribution >= 4 is 34.2 Å². The molecule has 0 atom stereocenters. The zero-order valence-electron chi connectivity index (χ0n) is 8.79. The van der Waals surface area contributed by atoms with E-state index in [0.717, 1.165) is 22.8 Å². The third kappa shape index (κ3) is 1.70. The molecular weight excluding hydrogens is 243 g/mol. The summed E-state index contributed by atoms with van der Waals surface area (Å²) in [5.41, 5.74) is 2.17. The van der Waals surface area contributed by atoms with Crippen LogP contribution in [0.15, 0.2) is 18.2 Å². The van der Waals surface area contributed by atoms with Crippen molar-refractivity contribution in [3.63, 3.8) is 0 Å². The first-order valence-electron chi connectivity index (χ1n) is 5.52. The van der Waals surface area contributed by atoms with E-state index < -0.39 is 0 Å². The molecule has 0 N–H and O–H groups in total. The highest BCUT2D eigenvalue weighted by molar-refractivity contribution is 6.31. The lowest BCUT2D eigenvalue weighted by molar-refractivity contribution is 0.709. The second kappa shape index (κ2) is 3.94. The number of benzene rings is 1. The predicted molar refractivity (Wildman–Crippen MR) is 67.4 cm³/mol. The molecule has 1 aliphatic carbocycles. The van der Waals surface area contributed by atoms with Gasteiger partial charge in [0.15, 0.2) is 0 Å². The van der Waals surface area contributed by atoms with Crippen molar-refractivity contribution < 1.29 is 0 Å². The van der Waals surface area contributed by atoms with Crippen LogP contribution < -0.4 is 0 Å². The van der Waals surface area contributed by atoms with Crippen molar-refractivity contribution in [2.24, 2.45) is 0 Å². The number of halogens is 2. The topological polar surface area (TPSA) is 17.8 Å². The van der Waals surface area contributed by atoms with E-state index >= 15 is 0 Å². The number of fused-ring (bicyclic) bond motifs is 1. The second-order valence-corrected chi connectivity index (χ2v) is 5.02. The van der Waals surface area contributed by atoms with Gasteiger partial charge in [0.2, 0.25) is 0 Å². The van der Waals surface area contributed by atoms with Crippen LogP contribution >= 0.6 is 23.2 Å². The minimum atomic E-state index is 0.615. The minimum absolute atomic E-state index is 0.615. The van der Waals surface area contributed by atoms with Crippen LogP contribution in [0.1, 0.15) is 24.7 Å². The van der Waals surface area contributed by atoms with E-state index in [1.807, 2.05) is 12.1 Å². The highest BCUT2D eigenvalue weighted by atomic mass is 35.5. The predicted octanol–water partition coefficient (Wildman–Crippen LogP) is 3.81. The van der Waals surface area contributed by atoms with Crippen molar-refractivity contribution in [1.82, 2.24) is 9.55 Å². The molecule has 84 valence electrons. The molecule has 0 unspecified atom stereocenters. The number of hydrogen-bond acceptors (Lipinski definition) is 1. The van der Waals surface area contributed by atoms with E-state index in [1.54, 1.807) is 0 Å². The SMILES string of the molecule is ClCCc1nc2cc(Cl)ccc2n1C1CC1. The molecule has 2 nitrogen and oxygen atoms in total. The molecule has 2 aromatic rings. The second-order valence-electron chi connectivity index (χ2n) is 4.20. The summed E-state index contributed by atoms with van der Waals surface area (Å²) < 4.78 is 2.33. The average molecular weight is 255 g/mol. The van der Waals surface area contributed by atoms with Gasteiger partial charge in [-0.05, 0) is 31.0 Å². The quantitative estimate of drug-likeness (QED) is 0.762. The summed E-state index contributed by atoms with van der Waals surface area (Å²) in [6.45, 7) is 0. The number of rotatable bonds is 3. The summed E-state index contributed by atoms with van der Waals surface area (Å²) in [7, 11) is 0. The molecule has 1 aliphatic rings. The number of hydrogen-bond donors (Lipinski definition) is 0. The molecule has 16 heavy (non-hydrogen) atoms. The Hall–Kier alpha value is -0.730. The Morgan fingerprint density at radius 1 is 1.38 bits per heavy atom. The van der Waals surface area contributed by atoms with E-state index in [1.165, 1.54) is 18.4 Å². The Morgan fingerprint density at radius 2 is 2.19 bits per heavy atom. The Bertz CT molecular complexity index is 529. The third-order valence-electron chi connectivity index (χ3n) is 2.95. The maximum absolute atomic E-state index is 5.98. The molecule has 0 saturated heterocycles. The van der Waals surface area contributed by atoms with Crippen molar-refractivity contribution in [2.45, 2.75) is 25.3 Å². The largest absolute Gasteiger partial charge is 0.325 e. The van der Waals surface area contributed by atoms with Crippen LogP contribution in [0.4, 0.5) is 0 Å². The Morgan fingerprint density at radius 3 is 2.88 bits per heavy atom. The van der Waals surface area contributed by atoms with Crippen LogP contribution in [0.5, 0.6) is 0 Å². The first-order valence-corrected chi connectivity index (χ1v) is 6.43. The zero-order valence-corrected chi connectivity index (χ0v) is 10.3. The van der Waals surface area contributed by atoms with Gasteiger partial charge in [-0.15, -0.1) is 11.6 Å². The standard InChI is InChI=1S/C12H12Cl2N2/c13-6-5-12-15-10-7-8(14)1-4-11(10)16(12)9-2-3-9/h1,4,7,9H,2-3,5-6H2. The molecular formula is C12H12Cl2N2. The van der Waals surface area contributed by atoms with Gasteiger partial charge in [-0.25, -0.2) is 4.98 Å². The van der Waals surface area contributed by atoms with E-state index in [4.69, 9.17) is 23.2 Å². The lowest BCUT2D eigenvalue weighted by Gasteiger charge is -2.05. The third-order valence-corrected chi connectivity index (χ3v) is 3.38. The van der Waals surface area contributed by atoms with Crippen LogP contribution in [0, 0.1) is 0 Å². The Labute approximate surface area is 104 Å². The van der Waals surface area contributed by atoms with E-state index in [9.17, 15) is 0 Å². The van der Waals surface area contributed by atoms with E-state index in [-0.39, 0.29) is 0 Å². The molecule has 1 aromatic heterocycles. The number of aryl methyl sites for hydroxylation is 1. The van der Waals surface area contributed by atoms with Crippen molar-refractivity contribution in [1.29, 1.82) is 0 Å². The molecule has 1 saturated carbocycles. The van der Waals surface area contributed by atoms with Gasteiger partial charge in [0, 0.05) is 23.4 Å². The van der Waals surface area contributed by atoms with Crippen molar-refractivity contribution in [2.75, 3.05) is 5.88 Å². The van der Waals surface area contributed by atoms with Crippen molar-refractivity contribution in [3.05, 3.63) is 29.0 Å². The lowest BCUT2D eigenvalue weighted by atomic mass is 10.3. The van der Waals surface area contributed by atoms with Gasteiger partial charge < -0.3 is 4.57 Å². The molecule has 0 radical (unpaired) electrons. The van der Waals surface area contributed by atoms with E-state index in [0.29, 0.717) is 11.9 Å². The summed E-state index contributed by atoms with van der Waals surface area (Å²) in [4.78, 5) is 4.62. The minimum Gasteiger partial charge on any atom is -0.325 e. The maximum atomic E-state index is 5.98. The summed E-state index contributed by atoms with van der Waals surface area (Å²) in [6, 6.07) is 6.53. The molecule has 0 bridgehead atoms. The fourth-order valence-corrected chi connectivity index (χ4v) is 2.46. The maximum Gasteiger partial charge on any atom is 0.111 e. The summed E-state index contributed by atoms with van der Waals surface area (Å²) in [5, 5.41) is 0.741. The van der Waals surface area contributed by atoms with Gasteiger partial charge in [-0.2, -0.15) is 0 Å². The van der Waals surface area contributed by atoms with Gasteiger partial charge in [0.05, 0.1) is 11.0 Å². The molecule has 0 spiro atoms. The molecule has 1 aromatic carbocycles. The van der Waals surface area contributed by atoms with Crippen LogP contribution in [-0.4, -0.2) is 15.4 Å². The Balaban J connectivity index is 2.20. The summed E-state index contributed by atoms with van der Waals surface area (Å²) >= 11 is 11.8. The van der Waals surface area contributed by atoms with Crippen LogP contribution in [0.2, 0.25) is 5.02 Å². The summed E-state index contributed by atoms with van der Waals surface area (Å²) in [6.07, 6.45) is 3.33. The summed E-state index contributed by atoms with van der Waals surface area (Å²) in [5.74, 6) is 1.71. The number of imidazole rings is 1. The van der Waals surface area contributed by atoms with Crippen molar-refractivity contribution in [3.8, 4) is 0 Å². The van der Waals surface area contributed by atoms with Gasteiger partial charge in [-0.3, -0.25) is 0 Å². The molecule has 0 aliphatic heterocycles. The molecule has 1 fully saturated rings. The first-order chi connectivity index (χ1) is 7.79. The molecule has 0 amide bonds. The van der Waals surface area contributed by atoms with Gasteiger partial charge in [-0.1, -0.05) is 11.6 Å².